The van der Waals surface area contributed by atoms with E-state index in [9.17, 15) is 23.1 Å². The summed E-state index contributed by atoms with van der Waals surface area (Å²) in [5.41, 5.74) is -1.69. The average molecular weight is 248 g/mol. The van der Waals surface area contributed by atoms with Gasteiger partial charge in [0, 0.05) is 11.0 Å². The zero-order valence-corrected chi connectivity index (χ0v) is 9.98. The number of aliphatic hydroxyl groups is 1. The van der Waals surface area contributed by atoms with Gasteiger partial charge < -0.3 is 5.11 Å². The lowest BCUT2D eigenvalue weighted by Crippen LogP contribution is -2.32. The quantitative estimate of drug-likeness (QED) is 0.527. The Kier molecular flexibility index (Phi) is 2.24. The van der Waals surface area contributed by atoms with Gasteiger partial charge in [0.2, 0.25) is 5.76 Å². The number of rotatable bonds is 0. The third kappa shape index (κ3) is 1.31. The van der Waals surface area contributed by atoms with Crippen LogP contribution in [0.2, 0.25) is 0 Å². The molecule has 2 nitrogen and oxygen atoms in total. The smallest absolute Gasteiger partial charge is 0.449 e. The number of allylic oxidation sites excluding steroid dienone is 2. The molecule has 2 aliphatic carbocycles. The van der Waals surface area contributed by atoms with Gasteiger partial charge in [-0.25, -0.2) is 0 Å². The third-order valence-corrected chi connectivity index (χ3v) is 4.84. The maximum atomic E-state index is 12.5. The highest BCUT2D eigenvalue weighted by Crippen LogP contribution is 2.66. The van der Waals surface area contributed by atoms with E-state index >= 15 is 0 Å². The lowest BCUT2D eigenvalue weighted by molar-refractivity contribution is -0.131. The van der Waals surface area contributed by atoms with E-state index in [1.165, 1.54) is 0 Å². The normalized spacial score (nSPS) is 38.7. The number of halogens is 3. The Bertz CT molecular complexity index is 420. The van der Waals surface area contributed by atoms with Crippen LogP contribution in [-0.2, 0) is 4.79 Å². The number of hydrogen-bond acceptors (Lipinski definition) is 2. The molecule has 0 radical (unpaired) electrons. The number of alkyl halides is 3. The predicted molar refractivity (Wildman–Crippen MR) is 55.3 cm³/mol. The summed E-state index contributed by atoms with van der Waals surface area (Å²) in [6.45, 7) is 5.31. The fourth-order valence-electron chi connectivity index (χ4n) is 3.29. The third-order valence-electron chi connectivity index (χ3n) is 4.84. The van der Waals surface area contributed by atoms with Crippen LogP contribution in [0.25, 0.3) is 0 Å². The largest absolute Gasteiger partial charge is 0.504 e. The van der Waals surface area contributed by atoms with Gasteiger partial charge in [0.05, 0.1) is 0 Å². The summed E-state index contributed by atoms with van der Waals surface area (Å²) in [6.07, 6.45) is -3.70. The molecule has 2 fully saturated rings. The molecule has 2 bridgehead atoms. The zero-order chi connectivity index (χ0) is 13.2. The molecule has 1 N–H and O–H groups in total. The minimum atomic E-state index is -4.83. The van der Waals surface area contributed by atoms with Crippen LogP contribution >= 0.6 is 0 Å². The Balaban J connectivity index is 2.60. The van der Waals surface area contributed by atoms with Crippen LogP contribution in [0.1, 0.15) is 33.6 Å². The molecule has 2 aliphatic rings. The van der Waals surface area contributed by atoms with Crippen LogP contribution in [0.3, 0.4) is 0 Å². The van der Waals surface area contributed by atoms with Crippen LogP contribution in [0.15, 0.2) is 11.3 Å². The molecule has 2 rings (SSSR count). The van der Waals surface area contributed by atoms with E-state index in [0.29, 0.717) is 12.8 Å². The predicted octanol–water partition coefficient (Wildman–Crippen LogP) is 3.39. The molecule has 0 aromatic heterocycles. The molecule has 0 amide bonds. The number of carbonyl (C=O) groups excluding carboxylic acids is 1. The molecule has 0 unspecified atom stereocenters. The van der Waals surface area contributed by atoms with E-state index < -0.39 is 40.0 Å². The molecule has 0 aromatic carbocycles. The lowest BCUT2D eigenvalue weighted by atomic mass is 9.70. The van der Waals surface area contributed by atoms with Gasteiger partial charge in [-0.1, -0.05) is 20.8 Å². The minimum Gasteiger partial charge on any atom is -0.504 e. The van der Waals surface area contributed by atoms with Crippen LogP contribution in [0, 0.1) is 16.7 Å². The van der Waals surface area contributed by atoms with Crippen LogP contribution in [-0.4, -0.2) is 17.1 Å². The van der Waals surface area contributed by atoms with Crippen LogP contribution in [0.4, 0.5) is 13.2 Å². The second kappa shape index (κ2) is 3.06. The first kappa shape index (κ1) is 12.5. The molecule has 17 heavy (non-hydrogen) atoms. The Morgan fingerprint density at radius 2 is 1.88 bits per heavy atom. The van der Waals surface area contributed by atoms with Crippen molar-refractivity contribution in [3.63, 3.8) is 0 Å². The second-order valence-electron chi connectivity index (χ2n) is 5.73. The van der Waals surface area contributed by atoms with Gasteiger partial charge in [-0.2, -0.15) is 13.2 Å². The van der Waals surface area contributed by atoms with Crippen molar-refractivity contribution in [3.8, 4) is 0 Å². The Morgan fingerprint density at radius 3 is 2.24 bits per heavy atom. The number of hydrogen-bond donors (Lipinski definition) is 1. The Labute approximate surface area is 97.5 Å². The maximum Gasteiger partial charge on any atom is 0.449 e. The van der Waals surface area contributed by atoms with E-state index in [2.05, 4.69) is 0 Å². The van der Waals surface area contributed by atoms with Crippen molar-refractivity contribution < 1.29 is 23.1 Å². The molecule has 2 atom stereocenters. The van der Waals surface area contributed by atoms with Gasteiger partial charge in [0.25, 0.3) is 0 Å². The lowest BCUT2D eigenvalue weighted by Gasteiger charge is -2.31. The number of fused-ring (bicyclic) bond motifs is 2. The van der Waals surface area contributed by atoms with E-state index in [4.69, 9.17) is 0 Å². The van der Waals surface area contributed by atoms with Gasteiger partial charge in [0.15, 0.2) is 5.78 Å². The first-order valence-electron chi connectivity index (χ1n) is 5.58. The Morgan fingerprint density at radius 1 is 1.35 bits per heavy atom. The summed E-state index contributed by atoms with van der Waals surface area (Å²) in [4.78, 5) is 12.1. The summed E-state index contributed by atoms with van der Waals surface area (Å²) in [7, 11) is 0. The summed E-state index contributed by atoms with van der Waals surface area (Å²) < 4.78 is 37.5. The number of Topliss-reactive ketones (excluding diaryl/α,β-unsaturated/α-hetero) is 1. The van der Waals surface area contributed by atoms with Gasteiger partial charge >= 0.3 is 6.18 Å². The van der Waals surface area contributed by atoms with Crippen LogP contribution < -0.4 is 0 Å². The standard InChI is InChI=1S/C12H15F3O2/c1-10(2)6-4-5-11(10,3)8(16)7(6)9(17)12(13,14)15/h6,17H,4-5H2,1-3H3/t6-,11+/m1/s1. The van der Waals surface area contributed by atoms with Crippen molar-refractivity contribution in [1.82, 2.24) is 0 Å². The Hall–Kier alpha value is -1.00. The molecule has 0 aromatic rings. The number of aliphatic hydroxyl groups excluding tert-OH is 1. The van der Waals surface area contributed by atoms with Crippen LogP contribution in [0.5, 0.6) is 0 Å². The summed E-state index contributed by atoms with van der Waals surface area (Å²) >= 11 is 0. The molecule has 2 saturated carbocycles. The summed E-state index contributed by atoms with van der Waals surface area (Å²) in [5.74, 6) is -2.71. The maximum absolute atomic E-state index is 12.5. The fraction of sp³-hybridized carbons (Fsp3) is 0.750. The highest BCUT2D eigenvalue weighted by Gasteiger charge is 2.66. The van der Waals surface area contributed by atoms with E-state index in [-0.39, 0.29) is 0 Å². The van der Waals surface area contributed by atoms with E-state index in [0.717, 1.165) is 0 Å². The van der Waals surface area contributed by atoms with Gasteiger partial charge in [-0.05, 0) is 24.2 Å². The second-order valence-corrected chi connectivity index (χ2v) is 5.73. The van der Waals surface area contributed by atoms with Crippen molar-refractivity contribution in [3.05, 3.63) is 11.3 Å². The number of carbonyl (C=O) groups is 1. The average Bonchev–Trinajstić information content (AvgIpc) is 2.47. The summed E-state index contributed by atoms with van der Waals surface area (Å²) in [6, 6.07) is 0. The van der Waals surface area contributed by atoms with Gasteiger partial charge in [-0.3, -0.25) is 4.79 Å². The van der Waals surface area contributed by atoms with Gasteiger partial charge in [0.1, 0.15) is 0 Å². The first-order valence-corrected chi connectivity index (χ1v) is 5.58. The highest BCUT2D eigenvalue weighted by molar-refractivity contribution is 6.05. The molecule has 96 valence electrons. The molecular formula is C12H15F3O2. The molecule has 0 heterocycles. The topological polar surface area (TPSA) is 37.3 Å². The van der Waals surface area contributed by atoms with E-state index in [1.807, 2.05) is 0 Å². The van der Waals surface area contributed by atoms with Crippen molar-refractivity contribution in [2.45, 2.75) is 39.8 Å². The molecule has 0 saturated heterocycles. The SMILES string of the molecule is CC1(C)[C@@H]2CC[C@@]1(C)C(=O)C2=C(O)C(F)(F)F. The monoisotopic (exact) mass is 248 g/mol. The van der Waals surface area contributed by atoms with Crippen molar-refractivity contribution >= 4 is 5.78 Å². The minimum absolute atomic E-state index is 0.406. The molecular weight excluding hydrogens is 233 g/mol. The van der Waals surface area contributed by atoms with E-state index in [1.54, 1.807) is 20.8 Å². The first-order chi connectivity index (χ1) is 7.53. The zero-order valence-electron chi connectivity index (χ0n) is 9.98. The number of ketones is 1. The fourth-order valence-corrected chi connectivity index (χ4v) is 3.29. The van der Waals surface area contributed by atoms with Gasteiger partial charge in [-0.15, -0.1) is 0 Å². The van der Waals surface area contributed by atoms with Crippen molar-refractivity contribution in [2.24, 2.45) is 16.7 Å². The molecule has 5 heteroatoms. The highest BCUT2D eigenvalue weighted by atomic mass is 19.4. The molecule has 0 spiro atoms. The van der Waals surface area contributed by atoms with Crippen molar-refractivity contribution in [2.75, 3.05) is 0 Å². The summed E-state index contributed by atoms with van der Waals surface area (Å²) in [5, 5.41) is 9.26. The molecule has 0 aliphatic heterocycles. The van der Waals surface area contributed by atoms with Crippen molar-refractivity contribution in [1.29, 1.82) is 0 Å².